The lowest BCUT2D eigenvalue weighted by Crippen LogP contribution is -2.43. The zero-order valence-corrected chi connectivity index (χ0v) is 22.2. The Bertz CT molecular complexity index is 1350. The third-order valence-corrected chi connectivity index (χ3v) is 7.25. The van der Waals surface area contributed by atoms with Crippen LogP contribution in [0.25, 0.3) is 0 Å². The van der Waals surface area contributed by atoms with Crippen LogP contribution in [-0.4, -0.2) is 40.0 Å². The van der Waals surface area contributed by atoms with Crippen LogP contribution in [0, 0.1) is 0 Å². The number of rotatable bonds is 8. The molecule has 0 atom stereocenters. The molecule has 1 aliphatic rings. The lowest BCUT2D eigenvalue weighted by atomic mass is 10.0. The van der Waals surface area contributed by atoms with E-state index in [9.17, 15) is 22.8 Å². The number of thioether (sulfide) groups is 1. The van der Waals surface area contributed by atoms with Crippen LogP contribution < -0.4 is 15.0 Å². The minimum absolute atomic E-state index is 0.101. The maximum Gasteiger partial charge on any atom is 0.446 e. The van der Waals surface area contributed by atoms with Gasteiger partial charge in [0.1, 0.15) is 17.1 Å². The molecule has 1 aliphatic heterocycles. The molecule has 2 aromatic carbocycles. The number of alkyl halides is 3. The lowest BCUT2D eigenvalue weighted by Gasteiger charge is -2.27. The first-order valence-electron chi connectivity index (χ1n) is 11.4. The third-order valence-electron chi connectivity index (χ3n) is 6.02. The molecule has 1 saturated heterocycles. The minimum atomic E-state index is -4.52. The number of carbonyl (C=O) groups excluding carboxylic acids is 2. The topological polar surface area (TPSA) is 74.8 Å². The highest BCUT2D eigenvalue weighted by Gasteiger charge is 2.51. The van der Waals surface area contributed by atoms with Gasteiger partial charge in [0.2, 0.25) is 0 Å². The van der Waals surface area contributed by atoms with Crippen LogP contribution in [-0.2, 0) is 17.9 Å². The second-order valence-corrected chi connectivity index (χ2v) is 10.5. The molecule has 2 heterocycles. The quantitative estimate of drug-likeness (QED) is 0.242. The zero-order chi connectivity index (χ0) is 27.7. The molecule has 1 fully saturated rings. The number of amides is 3. The molecule has 0 saturated carbocycles. The highest BCUT2D eigenvalue weighted by atomic mass is 35.5. The van der Waals surface area contributed by atoms with E-state index >= 15 is 0 Å². The fourth-order valence-corrected chi connectivity index (χ4v) is 4.79. The Hall–Kier alpha value is -3.44. The molecule has 7 nitrogen and oxygen atoms in total. The molecule has 0 bridgehead atoms. The Balaban J connectivity index is 1.50. The van der Waals surface area contributed by atoms with Crippen LogP contribution in [0.15, 0.2) is 65.7 Å². The molecule has 200 valence electrons. The number of imide groups is 1. The fourth-order valence-electron chi connectivity index (χ4n) is 3.95. The van der Waals surface area contributed by atoms with Gasteiger partial charge >= 0.3 is 11.5 Å². The van der Waals surface area contributed by atoms with E-state index < -0.39 is 23.0 Å². The van der Waals surface area contributed by atoms with Crippen molar-refractivity contribution in [2.75, 3.05) is 17.3 Å². The number of hydrogen-bond donors (Lipinski definition) is 1. The molecule has 1 aromatic heterocycles. The first kappa shape index (κ1) is 27.6. The van der Waals surface area contributed by atoms with Crippen LogP contribution >= 0.6 is 23.4 Å². The van der Waals surface area contributed by atoms with E-state index in [-0.39, 0.29) is 33.9 Å². The Labute approximate surface area is 226 Å². The molecular formula is C26H24ClF3N4O3S. The largest absolute Gasteiger partial charge is 0.497 e. The SMILES string of the molecule is COc1ccc(CNc2cc(CN3C(=O)N(c4ccc(SC(F)(F)F)c(Cl)c4)C(=O)C3(C)C)ccn2)cc1. The number of pyridine rings is 1. The Morgan fingerprint density at radius 2 is 1.76 bits per heavy atom. The van der Waals surface area contributed by atoms with E-state index in [4.69, 9.17) is 16.3 Å². The molecule has 3 aromatic rings. The molecule has 1 N–H and O–H groups in total. The summed E-state index contributed by atoms with van der Waals surface area (Å²) < 4.78 is 43.5. The Morgan fingerprint density at radius 1 is 1.05 bits per heavy atom. The molecule has 0 radical (unpaired) electrons. The van der Waals surface area contributed by atoms with Gasteiger partial charge in [-0.25, -0.2) is 14.7 Å². The van der Waals surface area contributed by atoms with Gasteiger partial charge in [0.05, 0.1) is 17.8 Å². The van der Waals surface area contributed by atoms with Crippen molar-refractivity contribution >= 4 is 46.8 Å². The number of hydrogen-bond acceptors (Lipinski definition) is 6. The van der Waals surface area contributed by atoms with Crippen LogP contribution in [0.2, 0.25) is 5.02 Å². The summed E-state index contributed by atoms with van der Waals surface area (Å²) in [5.74, 6) is 0.839. The van der Waals surface area contributed by atoms with Gasteiger partial charge in [-0.1, -0.05) is 23.7 Å². The van der Waals surface area contributed by atoms with Crippen molar-refractivity contribution in [2.45, 2.75) is 42.9 Å². The van der Waals surface area contributed by atoms with Gasteiger partial charge in [-0.3, -0.25) is 4.79 Å². The van der Waals surface area contributed by atoms with Crippen molar-refractivity contribution in [1.29, 1.82) is 0 Å². The molecule has 3 amide bonds. The lowest BCUT2D eigenvalue weighted by molar-refractivity contribution is -0.123. The minimum Gasteiger partial charge on any atom is -0.497 e. The van der Waals surface area contributed by atoms with Gasteiger partial charge in [-0.05, 0) is 79.2 Å². The third kappa shape index (κ3) is 5.99. The molecule has 0 aliphatic carbocycles. The highest BCUT2D eigenvalue weighted by molar-refractivity contribution is 8.00. The molecule has 0 unspecified atom stereocenters. The average Bonchev–Trinajstić information content (AvgIpc) is 3.03. The summed E-state index contributed by atoms with van der Waals surface area (Å²) in [5.41, 5.74) is -3.86. The van der Waals surface area contributed by atoms with Crippen molar-refractivity contribution in [1.82, 2.24) is 9.88 Å². The summed E-state index contributed by atoms with van der Waals surface area (Å²) in [6, 6.07) is 14.1. The summed E-state index contributed by atoms with van der Waals surface area (Å²) in [7, 11) is 1.60. The molecule has 0 spiro atoms. The number of halogens is 4. The van der Waals surface area contributed by atoms with Crippen LogP contribution in [0.5, 0.6) is 5.75 Å². The maximum atomic E-state index is 13.4. The van der Waals surface area contributed by atoms with Crippen LogP contribution in [0.3, 0.4) is 0 Å². The van der Waals surface area contributed by atoms with E-state index in [2.05, 4.69) is 10.3 Å². The van der Waals surface area contributed by atoms with Crippen molar-refractivity contribution in [3.63, 3.8) is 0 Å². The van der Waals surface area contributed by atoms with Gasteiger partial charge in [0.25, 0.3) is 5.91 Å². The number of ether oxygens (including phenoxy) is 1. The van der Waals surface area contributed by atoms with E-state index in [1.807, 2.05) is 24.3 Å². The van der Waals surface area contributed by atoms with E-state index in [1.54, 1.807) is 39.3 Å². The normalized spacial score (nSPS) is 15.2. The number of aromatic nitrogens is 1. The summed E-state index contributed by atoms with van der Waals surface area (Å²) in [5, 5.41) is 3.03. The van der Waals surface area contributed by atoms with Crippen molar-refractivity contribution < 1.29 is 27.5 Å². The van der Waals surface area contributed by atoms with E-state index in [0.29, 0.717) is 12.4 Å². The number of nitrogens with zero attached hydrogens (tertiary/aromatic N) is 3. The molecular weight excluding hydrogens is 541 g/mol. The summed E-state index contributed by atoms with van der Waals surface area (Å²) in [6.45, 7) is 3.87. The molecule has 12 heteroatoms. The van der Waals surface area contributed by atoms with Crippen molar-refractivity contribution in [2.24, 2.45) is 0 Å². The summed E-state index contributed by atoms with van der Waals surface area (Å²) in [6.07, 6.45) is 1.61. The smallest absolute Gasteiger partial charge is 0.446 e. The van der Waals surface area contributed by atoms with E-state index in [0.717, 1.165) is 27.8 Å². The second kappa shape index (κ2) is 10.7. The first-order valence-corrected chi connectivity index (χ1v) is 12.6. The van der Waals surface area contributed by atoms with Crippen molar-refractivity contribution in [3.8, 4) is 5.75 Å². The zero-order valence-electron chi connectivity index (χ0n) is 20.7. The van der Waals surface area contributed by atoms with Gasteiger partial charge in [0, 0.05) is 24.2 Å². The summed E-state index contributed by atoms with van der Waals surface area (Å²) in [4.78, 5) is 33.1. The van der Waals surface area contributed by atoms with Gasteiger partial charge in [-0.2, -0.15) is 13.2 Å². The van der Waals surface area contributed by atoms with Gasteiger partial charge < -0.3 is 15.0 Å². The maximum absolute atomic E-state index is 13.4. The monoisotopic (exact) mass is 564 g/mol. The molecule has 4 rings (SSSR count). The van der Waals surface area contributed by atoms with Crippen LogP contribution in [0.1, 0.15) is 25.0 Å². The number of benzene rings is 2. The van der Waals surface area contributed by atoms with Crippen molar-refractivity contribution in [3.05, 3.63) is 76.9 Å². The fraction of sp³-hybridized carbons (Fsp3) is 0.269. The Kier molecular flexibility index (Phi) is 7.80. The van der Waals surface area contributed by atoms with Gasteiger partial charge in [-0.15, -0.1) is 0 Å². The number of urea groups is 1. The standard InChI is InChI=1S/C26H24ClF3N4O3S/c1-25(2)23(35)34(18-6-9-21(20(27)13-18)38-26(28,29)30)24(36)33(25)15-17-10-11-31-22(12-17)32-14-16-4-7-19(37-3)8-5-16/h4-13H,14-15H2,1-3H3,(H,31,32). The van der Waals surface area contributed by atoms with E-state index in [1.165, 1.54) is 17.0 Å². The second-order valence-electron chi connectivity index (χ2n) is 8.98. The molecule has 38 heavy (non-hydrogen) atoms. The number of anilines is 2. The number of nitrogens with one attached hydrogen (secondary N) is 1. The van der Waals surface area contributed by atoms with Crippen LogP contribution in [0.4, 0.5) is 29.5 Å². The highest BCUT2D eigenvalue weighted by Crippen LogP contribution is 2.42. The summed E-state index contributed by atoms with van der Waals surface area (Å²) >= 11 is 5.69. The Morgan fingerprint density at radius 3 is 2.39 bits per heavy atom. The number of carbonyl (C=O) groups is 2. The average molecular weight is 565 g/mol. The van der Waals surface area contributed by atoms with Gasteiger partial charge in [0.15, 0.2) is 0 Å². The first-order chi connectivity index (χ1) is 17.9. The predicted octanol–water partition coefficient (Wildman–Crippen LogP) is 6.72. The predicted molar refractivity (Wildman–Crippen MR) is 140 cm³/mol. The number of methoxy groups -OCH3 is 1.